The van der Waals surface area contributed by atoms with Crippen molar-refractivity contribution >= 4 is 27.3 Å². The van der Waals surface area contributed by atoms with Gasteiger partial charge in [-0.05, 0) is 98.6 Å². The van der Waals surface area contributed by atoms with Gasteiger partial charge in [0.2, 0.25) is 15.9 Å². The number of sulfonamides is 1. The Morgan fingerprint density at radius 1 is 0.976 bits per heavy atom. The molecule has 2 unspecified atom stereocenters. The van der Waals surface area contributed by atoms with Gasteiger partial charge in [-0.3, -0.25) is 14.4 Å². The molecule has 4 N–H and O–H groups in total. The number of likely N-dealkylation sites (tertiary alicyclic amines) is 1. The van der Waals surface area contributed by atoms with E-state index in [9.17, 15) is 22.7 Å². The Hall–Kier alpha value is -3.51. The second-order valence-corrected chi connectivity index (χ2v) is 12.1. The summed E-state index contributed by atoms with van der Waals surface area (Å²) in [5, 5.41) is 16.7. The van der Waals surface area contributed by atoms with Gasteiger partial charge in [0, 0.05) is 24.0 Å². The van der Waals surface area contributed by atoms with Crippen molar-refractivity contribution in [2.75, 3.05) is 29.4 Å². The predicted octanol–water partition coefficient (Wildman–Crippen LogP) is 4.32. The monoisotopic (exact) mass is 584 g/mol. The molecule has 11 heteroatoms. The molecule has 2 atom stereocenters. The number of nitrogens with one attached hydrogen (secondary N) is 3. The maximum absolute atomic E-state index is 13.2. The molecule has 0 aliphatic carbocycles. The number of benzene rings is 3. The van der Waals surface area contributed by atoms with Crippen LogP contribution in [0.5, 0.6) is 11.5 Å². The number of hydrogen-bond acceptors (Lipinski definition) is 7. The van der Waals surface area contributed by atoms with Gasteiger partial charge >= 0.3 is 0 Å². The molecule has 1 saturated heterocycles. The summed E-state index contributed by atoms with van der Waals surface area (Å²) in [4.78, 5) is 15.3. The molecule has 220 valence electrons. The van der Waals surface area contributed by atoms with Crippen LogP contribution < -0.4 is 20.1 Å². The van der Waals surface area contributed by atoms with Gasteiger partial charge in [-0.25, -0.2) is 12.8 Å². The topological polar surface area (TPSA) is 120 Å². The van der Waals surface area contributed by atoms with E-state index in [0.29, 0.717) is 29.3 Å². The highest BCUT2D eigenvalue weighted by molar-refractivity contribution is 7.92. The third kappa shape index (κ3) is 9.53. The summed E-state index contributed by atoms with van der Waals surface area (Å²) in [5.74, 6) is 0.567. The van der Waals surface area contributed by atoms with E-state index in [2.05, 4.69) is 20.3 Å². The summed E-state index contributed by atoms with van der Waals surface area (Å²) in [5.41, 5.74) is 2.10. The first kappa shape index (κ1) is 30.4. The molecule has 0 aromatic heterocycles. The molecular weight excluding hydrogens is 547 g/mol. The van der Waals surface area contributed by atoms with Crippen molar-refractivity contribution in [3.05, 3.63) is 84.2 Å². The zero-order valence-electron chi connectivity index (χ0n) is 23.2. The van der Waals surface area contributed by atoms with E-state index >= 15 is 0 Å². The number of amides is 1. The lowest BCUT2D eigenvalue weighted by Crippen LogP contribution is -2.54. The molecule has 4 rings (SSSR count). The number of hydrogen-bond donors (Lipinski definition) is 4. The molecule has 41 heavy (non-hydrogen) atoms. The zero-order valence-corrected chi connectivity index (χ0v) is 24.0. The van der Waals surface area contributed by atoms with Crippen LogP contribution in [0, 0.1) is 5.82 Å². The van der Waals surface area contributed by atoms with E-state index in [1.54, 1.807) is 24.3 Å². The largest absolute Gasteiger partial charge is 0.457 e. The molecule has 1 heterocycles. The maximum Gasteiger partial charge on any atom is 0.244 e. The lowest BCUT2D eigenvalue weighted by Gasteiger charge is -2.35. The van der Waals surface area contributed by atoms with E-state index in [4.69, 9.17) is 4.74 Å². The van der Waals surface area contributed by atoms with Gasteiger partial charge in [0.25, 0.3) is 0 Å². The first-order valence-electron chi connectivity index (χ1n) is 13.7. The average Bonchev–Trinajstić information content (AvgIpc) is 2.94. The fourth-order valence-corrected chi connectivity index (χ4v) is 5.29. The second kappa shape index (κ2) is 13.9. The molecule has 1 fully saturated rings. The van der Waals surface area contributed by atoms with Crippen LogP contribution in [0.4, 0.5) is 15.8 Å². The Kier molecular flexibility index (Phi) is 10.3. The van der Waals surface area contributed by atoms with Crippen LogP contribution in [-0.4, -0.2) is 61.9 Å². The second-order valence-electron chi connectivity index (χ2n) is 10.3. The molecule has 9 nitrogen and oxygen atoms in total. The highest BCUT2D eigenvalue weighted by Crippen LogP contribution is 2.24. The molecule has 1 aliphatic heterocycles. The van der Waals surface area contributed by atoms with Crippen molar-refractivity contribution in [3.8, 4) is 11.5 Å². The SMILES string of the molecule is CCC(O)C(NC1CCN(Cc2ccc(Oc3ccc(NS(C)(=O)=O)cc3)cc2)CC1)C(=O)Nc1ccc(F)cc1. The molecular formula is C30H37FN4O5S. The van der Waals surface area contributed by atoms with Crippen molar-refractivity contribution in [1.29, 1.82) is 0 Å². The fourth-order valence-electron chi connectivity index (χ4n) is 4.72. The number of halogens is 1. The first-order chi connectivity index (χ1) is 19.6. The third-order valence-corrected chi connectivity index (χ3v) is 7.53. The van der Waals surface area contributed by atoms with E-state index in [1.807, 2.05) is 31.2 Å². The van der Waals surface area contributed by atoms with Crippen molar-refractivity contribution < 1.29 is 27.4 Å². The highest BCUT2D eigenvalue weighted by atomic mass is 32.2. The number of nitrogens with zero attached hydrogens (tertiary/aromatic N) is 1. The smallest absolute Gasteiger partial charge is 0.244 e. The highest BCUT2D eigenvalue weighted by Gasteiger charge is 2.30. The van der Waals surface area contributed by atoms with Crippen molar-refractivity contribution in [1.82, 2.24) is 10.2 Å². The third-order valence-electron chi connectivity index (χ3n) is 6.92. The standard InChI is InChI=1S/C30H37FN4O5S/c1-3-28(36)29(30(37)33-23-8-6-22(31)7-9-23)32-24-16-18-35(19-17-24)20-21-4-12-26(13-5-21)40-27-14-10-25(11-15-27)34-41(2,38)39/h4-15,24,28-29,32,34,36H,3,16-20H2,1-2H3,(H,33,37). The van der Waals surface area contributed by atoms with E-state index in [1.165, 1.54) is 24.3 Å². The molecule has 0 spiro atoms. The minimum atomic E-state index is -3.33. The van der Waals surface area contributed by atoms with Gasteiger partial charge in [-0.2, -0.15) is 0 Å². The van der Waals surface area contributed by atoms with Gasteiger partial charge in [-0.1, -0.05) is 19.1 Å². The molecule has 0 radical (unpaired) electrons. The van der Waals surface area contributed by atoms with Crippen LogP contribution in [0.2, 0.25) is 0 Å². The molecule has 3 aromatic rings. The van der Waals surface area contributed by atoms with E-state index in [0.717, 1.165) is 44.3 Å². The van der Waals surface area contributed by atoms with Crippen LogP contribution in [0.1, 0.15) is 31.7 Å². The molecule has 0 bridgehead atoms. The van der Waals surface area contributed by atoms with E-state index < -0.39 is 22.2 Å². The minimum absolute atomic E-state index is 0.0891. The Balaban J connectivity index is 1.25. The number of piperidine rings is 1. The predicted molar refractivity (Wildman–Crippen MR) is 158 cm³/mol. The summed E-state index contributed by atoms with van der Waals surface area (Å²) >= 11 is 0. The van der Waals surface area contributed by atoms with Crippen LogP contribution in [-0.2, 0) is 21.4 Å². The number of rotatable bonds is 12. The van der Waals surface area contributed by atoms with Gasteiger partial charge in [-0.15, -0.1) is 0 Å². The molecule has 1 aliphatic rings. The number of carbonyl (C=O) groups is 1. The molecule has 0 saturated carbocycles. The quantitative estimate of drug-likeness (QED) is 0.250. The van der Waals surface area contributed by atoms with Crippen molar-refractivity contribution in [2.24, 2.45) is 0 Å². The number of anilines is 2. The summed E-state index contributed by atoms with van der Waals surface area (Å²) in [6.07, 6.45) is 2.37. The van der Waals surface area contributed by atoms with Crippen LogP contribution in [0.3, 0.4) is 0 Å². The lowest BCUT2D eigenvalue weighted by molar-refractivity contribution is -0.121. The molecule has 3 aromatic carbocycles. The Morgan fingerprint density at radius 3 is 2.10 bits per heavy atom. The van der Waals surface area contributed by atoms with Crippen LogP contribution in [0.15, 0.2) is 72.8 Å². The van der Waals surface area contributed by atoms with Crippen LogP contribution in [0.25, 0.3) is 0 Å². The van der Waals surface area contributed by atoms with Gasteiger partial charge in [0.15, 0.2) is 0 Å². The van der Waals surface area contributed by atoms with Gasteiger partial charge in [0.1, 0.15) is 23.4 Å². The number of carbonyl (C=O) groups excluding carboxylic acids is 1. The summed E-state index contributed by atoms with van der Waals surface area (Å²) in [6.45, 7) is 4.31. The number of ether oxygens (including phenoxy) is 1. The maximum atomic E-state index is 13.2. The van der Waals surface area contributed by atoms with Crippen molar-refractivity contribution in [3.63, 3.8) is 0 Å². The summed E-state index contributed by atoms with van der Waals surface area (Å²) < 4.78 is 44.2. The van der Waals surface area contributed by atoms with E-state index in [-0.39, 0.29) is 17.8 Å². The normalized spacial score (nSPS) is 16.1. The Morgan fingerprint density at radius 2 is 1.54 bits per heavy atom. The van der Waals surface area contributed by atoms with Gasteiger partial charge < -0.3 is 20.5 Å². The Labute approximate surface area is 240 Å². The lowest BCUT2D eigenvalue weighted by atomic mass is 10.00. The average molecular weight is 585 g/mol. The zero-order chi connectivity index (χ0) is 29.4. The van der Waals surface area contributed by atoms with Gasteiger partial charge in [0.05, 0.1) is 12.4 Å². The summed E-state index contributed by atoms with van der Waals surface area (Å²) in [6, 6.07) is 19.4. The summed E-state index contributed by atoms with van der Waals surface area (Å²) in [7, 11) is -3.33. The number of aliphatic hydroxyl groups excluding tert-OH is 1. The number of aliphatic hydroxyl groups is 1. The minimum Gasteiger partial charge on any atom is -0.457 e. The van der Waals surface area contributed by atoms with Crippen LogP contribution >= 0.6 is 0 Å². The Bertz CT molecular complexity index is 1380. The first-order valence-corrected chi connectivity index (χ1v) is 15.5. The van der Waals surface area contributed by atoms with Crippen molar-refractivity contribution in [2.45, 2.75) is 50.9 Å². The fraction of sp³-hybridized carbons (Fsp3) is 0.367. The molecule has 1 amide bonds.